The first-order chi connectivity index (χ1) is 11.1. The third kappa shape index (κ3) is 2.67. The number of carbonyl (C=O) groups excluding carboxylic acids is 1. The van der Waals surface area contributed by atoms with Gasteiger partial charge in [0.15, 0.2) is 0 Å². The lowest BCUT2D eigenvalue weighted by molar-refractivity contribution is -0.154. The molecule has 0 aliphatic carbocycles. The van der Waals surface area contributed by atoms with Gasteiger partial charge in [-0.3, -0.25) is 14.6 Å². The maximum absolute atomic E-state index is 11.6. The lowest BCUT2D eigenvalue weighted by Gasteiger charge is -2.60. The van der Waals surface area contributed by atoms with E-state index >= 15 is 0 Å². The summed E-state index contributed by atoms with van der Waals surface area (Å²) in [6.45, 7) is 6.95. The quantitative estimate of drug-likeness (QED) is 0.865. The maximum atomic E-state index is 11.6. The van der Waals surface area contributed by atoms with Crippen molar-refractivity contribution in [1.29, 1.82) is 0 Å². The minimum Gasteiger partial charge on any atom is -0.392 e. The van der Waals surface area contributed by atoms with Gasteiger partial charge in [-0.2, -0.15) is 0 Å². The molecule has 1 amide bonds. The molecule has 1 aromatic carbocycles. The number of nitrogens with zero attached hydrogens (tertiary/aromatic N) is 3. The summed E-state index contributed by atoms with van der Waals surface area (Å²) in [5, 5.41) is 10.1. The zero-order valence-electron chi connectivity index (χ0n) is 13.7. The molecule has 3 heterocycles. The van der Waals surface area contributed by atoms with Gasteiger partial charge in [-0.1, -0.05) is 30.3 Å². The zero-order chi connectivity index (χ0) is 16.0. The van der Waals surface area contributed by atoms with Crippen LogP contribution in [0.15, 0.2) is 30.3 Å². The van der Waals surface area contributed by atoms with Crippen molar-refractivity contribution in [2.75, 3.05) is 32.7 Å². The fourth-order valence-electron chi connectivity index (χ4n) is 4.65. The van der Waals surface area contributed by atoms with Crippen LogP contribution in [0.1, 0.15) is 18.9 Å². The van der Waals surface area contributed by atoms with Gasteiger partial charge < -0.3 is 10.0 Å². The number of piperazine rings is 1. The van der Waals surface area contributed by atoms with Crippen molar-refractivity contribution in [3.05, 3.63) is 35.9 Å². The number of likely N-dealkylation sites (tertiary alicyclic amines) is 1. The lowest BCUT2D eigenvalue weighted by atomic mass is 9.83. The van der Waals surface area contributed by atoms with Gasteiger partial charge in [0.1, 0.15) is 0 Å². The first kappa shape index (κ1) is 15.1. The van der Waals surface area contributed by atoms with Crippen LogP contribution in [-0.4, -0.2) is 76.1 Å². The number of carbonyl (C=O) groups is 1. The Morgan fingerprint density at radius 1 is 1.22 bits per heavy atom. The van der Waals surface area contributed by atoms with Crippen molar-refractivity contribution in [2.45, 2.75) is 37.6 Å². The van der Waals surface area contributed by atoms with E-state index in [1.165, 1.54) is 5.56 Å². The van der Waals surface area contributed by atoms with Gasteiger partial charge in [-0.05, 0) is 12.0 Å². The number of hydrogen-bond donors (Lipinski definition) is 1. The minimum absolute atomic E-state index is 0.0425. The molecule has 23 heavy (non-hydrogen) atoms. The average Bonchev–Trinajstić information content (AvgIpc) is 2.85. The summed E-state index contributed by atoms with van der Waals surface area (Å²) in [5.41, 5.74) is 1.37. The third-order valence-electron chi connectivity index (χ3n) is 5.65. The van der Waals surface area contributed by atoms with E-state index in [2.05, 4.69) is 34.1 Å². The van der Waals surface area contributed by atoms with Crippen LogP contribution < -0.4 is 0 Å². The van der Waals surface area contributed by atoms with Crippen molar-refractivity contribution in [3.63, 3.8) is 0 Å². The molecule has 3 saturated heterocycles. The first-order valence-corrected chi connectivity index (χ1v) is 8.52. The summed E-state index contributed by atoms with van der Waals surface area (Å²) in [6.07, 6.45) is 0.632. The maximum Gasteiger partial charge on any atom is 0.219 e. The fourth-order valence-corrected chi connectivity index (χ4v) is 4.65. The van der Waals surface area contributed by atoms with Crippen molar-refractivity contribution in [2.24, 2.45) is 0 Å². The highest BCUT2D eigenvalue weighted by atomic mass is 16.3. The molecule has 0 radical (unpaired) electrons. The number of aliphatic hydroxyl groups is 1. The molecule has 2 atom stereocenters. The van der Waals surface area contributed by atoms with E-state index in [-0.39, 0.29) is 17.6 Å². The van der Waals surface area contributed by atoms with Crippen LogP contribution >= 0.6 is 0 Å². The fraction of sp³-hybridized carbons (Fsp3) is 0.611. The number of benzene rings is 1. The van der Waals surface area contributed by atoms with E-state index in [9.17, 15) is 9.90 Å². The molecule has 0 unspecified atom stereocenters. The molecule has 1 spiro atoms. The second kappa shape index (κ2) is 5.58. The van der Waals surface area contributed by atoms with E-state index in [1.54, 1.807) is 6.92 Å². The summed E-state index contributed by atoms with van der Waals surface area (Å²) in [7, 11) is 0. The molecular weight excluding hydrogens is 290 g/mol. The second-order valence-electron chi connectivity index (χ2n) is 7.45. The standard InChI is InChI=1S/C18H25N3O2/c1-14(22)20-12-18(13-20)11-19(8-15-5-3-2-4-6-15)9-16-7-17(23)10-21(16)18/h2-6,16-17,23H,7-13H2,1H3/t16-,17-/m1/s1. The molecule has 0 aromatic heterocycles. The van der Waals surface area contributed by atoms with Crippen LogP contribution in [0, 0.1) is 0 Å². The Hall–Kier alpha value is -1.43. The highest BCUT2D eigenvalue weighted by Gasteiger charge is 2.56. The molecule has 3 aliphatic rings. The summed E-state index contributed by atoms with van der Waals surface area (Å²) < 4.78 is 0. The molecule has 1 aromatic rings. The molecule has 5 nitrogen and oxygen atoms in total. The summed E-state index contributed by atoms with van der Waals surface area (Å²) in [5.74, 6) is 0.159. The van der Waals surface area contributed by atoms with Crippen LogP contribution in [0.4, 0.5) is 0 Å². The Labute approximate surface area is 137 Å². The van der Waals surface area contributed by atoms with E-state index in [0.717, 1.165) is 45.7 Å². The van der Waals surface area contributed by atoms with Gasteiger partial charge in [0.25, 0.3) is 0 Å². The molecule has 3 aliphatic heterocycles. The molecule has 0 bridgehead atoms. The molecule has 124 valence electrons. The van der Waals surface area contributed by atoms with Crippen LogP contribution in [0.3, 0.4) is 0 Å². The number of amides is 1. The minimum atomic E-state index is -0.222. The first-order valence-electron chi connectivity index (χ1n) is 8.52. The van der Waals surface area contributed by atoms with Crippen LogP contribution in [-0.2, 0) is 11.3 Å². The molecule has 5 heteroatoms. The third-order valence-corrected chi connectivity index (χ3v) is 5.65. The highest BCUT2D eigenvalue weighted by molar-refractivity contribution is 5.74. The van der Waals surface area contributed by atoms with Crippen LogP contribution in [0.2, 0.25) is 0 Å². The molecule has 4 rings (SSSR count). The molecule has 3 fully saturated rings. The number of β-amino-alcohol motifs (C(OH)–C–C–N with tert-alkyl or cyclic N) is 1. The van der Waals surface area contributed by atoms with Gasteiger partial charge in [0.2, 0.25) is 5.91 Å². The van der Waals surface area contributed by atoms with Crippen molar-refractivity contribution in [1.82, 2.24) is 14.7 Å². The predicted molar refractivity (Wildman–Crippen MR) is 87.8 cm³/mol. The largest absolute Gasteiger partial charge is 0.392 e. The monoisotopic (exact) mass is 315 g/mol. The Balaban J connectivity index is 1.52. The van der Waals surface area contributed by atoms with Gasteiger partial charge >= 0.3 is 0 Å². The Morgan fingerprint density at radius 3 is 2.65 bits per heavy atom. The van der Waals surface area contributed by atoms with Gasteiger partial charge in [-0.15, -0.1) is 0 Å². The predicted octanol–water partition coefficient (Wildman–Crippen LogP) is 0.538. The topological polar surface area (TPSA) is 47.0 Å². The molecule has 1 N–H and O–H groups in total. The Kier molecular flexibility index (Phi) is 3.67. The second-order valence-corrected chi connectivity index (χ2v) is 7.45. The summed E-state index contributed by atoms with van der Waals surface area (Å²) in [6, 6.07) is 11.0. The Bertz CT molecular complexity index is 585. The van der Waals surface area contributed by atoms with E-state index in [1.807, 2.05) is 11.0 Å². The summed E-state index contributed by atoms with van der Waals surface area (Å²) >= 11 is 0. The zero-order valence-corrected chi connectivity index (χ0v) is 13.7. The van der Waals surface area contributed by atoms with E-state index in [4.69, 9.17) is 0 Å². The normalized spacial score (nSPS) is 30.3. The SMILES string of the molecule is CC(=O)N1CC2(CN(Cc3ccccc3)C[C@H]3C[C@@H](O)CN32)C1. The van der Waals surface area contributed by atoms with E-state index in [0.29, 0.717) is 6.04 Å². The number of fused-ring (bicyclic) bond motifs is 2. The average molecular weight is 315 g/mol. The number of rotatable bonds is 2. The van der Waals surface area contributed by atoms with Gasteiger partial charge in [0.05, 0.1) is 11.6 Å². The summed E-state index contributed by atoms with van der Waals surface area (Å²) in [4.78, 5) is 18.5. The smallest absolute Gasteiger partial charge is 0.219 e. The number of aliphatic hydroxyl groups excluding tert-OH is 1. The highest BCUT2D eigenvalue weighted by Crippen LogP contribution is 2.39. The lowest BCUT2D eigenvalue weighted by Crippen LogP contribution is -2.78. The van der Waals surface area contributed by atoms with Crippen molar-refractivity contribution >= 4 is 5.91 Å². The van der Waals surface area contributed by atoms with Crippen LogP contribution in [0.5, 0.6) is 0 Å². The van der Waals surface area contributed by atoms with Crippen molar-refractivity contribution in [3.8, 4) is 0 Å². The van der Waals surface area contributed by atoms with Gasteiger partial charge in [-0.25, -0.2) is 0 Å². The van der Waals surface area contributed by atoms with E-state index < -0.39 is 0 Å². The molecule has 0 saturated carbocycles. The van der Waals surface area contributed by atoms with Gasteiger partial charge in [0, 0.05) is 52.2 Å². The van der Waals surface area contributed by atoms with Crippen LogP contribution in [0.25, 0.3) is 0 Å². The van der Waals surface area contributed by atoms with Crippen molar-refractivity contribution < 1.29 is 9.90 Å². The Morgan fingerprint density at radius 2 is 1.96 bits per heavy atom. The number of hydrogen-bond acceptors (Lipinski definition) is 4. The molecular formula is C18H25N3O2.